The molecule has 1 atom stereocenters. The number of halogens is 1. The first-order chi connectivity index (χ1) is 11.2. The third-order valence-corrected chi connectivity index (χ3v) is 3.61. The van der Waals surface area contributed by atoms with E-state index in [2.05, 4.69) is 35.8 Å². The molecule has 1 aromatic carbocycles. The predicted octanol–water partition coefficient (Wildman–Crippen LogP) is 3.31. The fourth-order valence-corrected chi connectivity index (χ4v) is 2.39. The highest BCUT2D eigenvalue weighted by Crippen LogP contribution is 2.30. The minimum Gasteiger partial charge on any atom is -0.486 e. The maximum Gasteiger partial charge on any atom is 0.193 e. The van der Waals surface area contributed by atoms with E-state index in [0.717, 1.165) is 43.4 Å². The Morgan fingerprint density at radius 3 is 2.88 bits per heavy atom. The number of benzene rings is 1. The van der Waals surface area contributed by atoms with Gasteiger partial charge in [-0.05, 0) is 31.9 Å². The number of ether oxygens (including phenoxy) is 2. The van der Waals surface area contributed by atoms with Gasteiger partial charge in [0.25, 0.3) is 0 Å². The van der Waals surface area contributed by atoms with Crippen molar-refractivity contribution in [2.75, 3.05) is 33.3 Å². The summed E-state index contributed by atoms with van der Waals surface area (Å²) in [5.74, 6) is 2.50. The van der Waals surface area contributed by atoms with Gasteiger partial charge in [-0.1, -0.05) is 18.2 Å². The van der Waals surface area contributed by atoms with Gasteiger partial charge in [0.1, 0.15) is 6.61 Å². The van der Waals surface area contributed by atoms with Crippen LogP contribution in [0.15, 0.2) is 41.9 Å². The minimum absolute atomic E-state index is 0. The van der Waals surface area contributed by atoms with E-state index < -0.39 is 0 Å². The number of allylic oxidation sites excluding steroid dienone is 1. The molecule has 0 bridgehead atoms. The summed E-state index contributed by atoms with van der Waals surface area (Å²) in [4.78, 5) is 6.83. The third-order valence-electron chi connectivity index (χ3n) is 3.61. The van der Waals surface area contributed by atoms with Crippen molar-refractivity contribution in [2.24, 2.45) is 4.99 Å². The molecule has 1 heterocycles. The molecule has 1 unspecified atom stereocenters. The molecule has 0 aliphatic carbocycles. The summed E-state index contributed by atoms with van der Waals surface area (Å²) in [7, 11) is 2.05. The molecule has 0 radical (unpaired) electrons. The van der Waals surface area contributed by atoms with Crippen molar-refractivity contribution >= 4 is 29.9 Å². The molecule has 24 heavy (non-hydrogen) atoms. The van der Waals surface area contributed by atoms with Crippen LogP contribution in [0, 0.1) is 0 Å². The lowest BCUT2D eigenvalue weighted by Crippen LogP contribution is -2.41. The van der Waals surface area contributed by atoms with Gasteiger partial charge in [0, 0.05) is 20.1 Å². The van der Waals surface area contributed by atoms with Crippen LogP contribution in [0.3, 0.4) is 0 Å². The minimum atomic E-state index is -0.0554. The van der Waals surface area contributed by atoms with E-state index in [1.165, 1.54) is 0 Å². The second kappa shape index (κ2) is 11.2. The number of nitrogens with zero attached hydrogens (tertiary/aromatic N) is 2. The largest absolute Gasteiger partial charge is 0.486 e. The van der Waals surface area contributed by atoms with E-state index >= 15 is 0 Å². The van der Waals surface area contributed by atoms with Crippen LogP contribution in [0.5, 0.6) is 11.5 Å². The van der Waals surface area contributed by atoms with Crippen LogP contribution in [-0.2, 0) is 0 Å². The Labute approximate surface area is 162 Å². The lowest BCUT2D eigenvalue weighted by Gasteiger charge is -2.26. The van der Waals surface area contributed by atoms with Gasteiger partial charge in [0.15, 0.2) is 23.6 Å². The van der Waals surface area contributed by atoms with E-state index in [-0.39, 0.29) is 30.1 Å². The van der Waals surface area contributed by atoms with E-state index in [1.54, 1.807) is 0 Å². The van der Waals surface area contributed by atoms with Gasteiger partial charge in [-0.15, -0.1) is 30.6 Å². The third kappa shape index (κ3) is 6.22. The van der Waals surface area contributed by atoms with Crippen LogP contribution < -0.4 is 14.8 Å². The van der Waals surface area contributed by atoms with Gasteiger partial charge in [-0.25, -0.2) is 4.99 Å². The number of unbranched alkanes of at least 4 members (excludes halogenated alkanes) is 1. The number of hydrogen-bond acceptors (Lipinski definition) is 3. The van der Waals surface area contributed by atoms with Crippen molar-refractivity contribution in [3.63, 3.8) is 0 Å². The zero-order chi connectivity index (χ0) is 16.5. The molecule has 134 valence electrons. The average molecular weight is 445 g/mol. The maximum absolute atomic E-state index is 5.95. The molecule has 6 heteroatoms. The fourth-order valence-electron chi connectivity index (χ4n) is 2.39. The Bertz CT molecular complexity index is 537. The number of hydrogen-bond donors (Lipinski definition) is 1. The van der Waals surface area contributed by atoms with Gasteiger partial charge < -0.3 is 19.7 Å². The highest BCUT2D eigenvalue weighted by atomic mass is 127. The molecule has 1 aliphatic rings. The summed E-state index contributed by atoms with van der Waals surface area (Å²) in [6.45, 7) is 8.72. The lowest BCUT2D eigenvalue weighted by atomic mass is 10.2. The summed E-state index contributed by atoms with van der Waals surface area (Å²) < 4.78 is 11.7. The van der Waals surface area contributed by atoms with Gasteiger partial charge in [0.2, 0.25) is 0 Å². The molecule has 0 spiro atoms. The number of fused-ring (bicyclic) bond motifs is 1. The Balaban J connectivity index is 0.00000288. The molecule has 2 rings (SSSR count). The van der Waals surface area contributed by atoms with Crippen molar-refractivity contribution in [3.05, 3.63) is 36.9 Å². The maximum atomic E-state index is 5.95. The molecule has 0 amide bonds. The van der Waals surface area contributed by atoms with Crippen LogP contribution in [0.4, 0.5) is 0 Å². The van der Waals surface area contributed by atoms with Crippen LogP contribution in [-0.4, -0.2) is 50.3 Å². The molecule has 5 nitrogen and oxygen atoms in total. The van der Waals surface area contributed by atoms with Gasteiger partial charge in [-0.2, -0.15) is 0 Å². The van der Waals surface area contributed by atoms with Crippen LogP contribution >= 0.6 is 24.0 Å². The Morgan fingerprint density at radius 1 is 1.42 bits per heavy atom. The summed E-state index contributed by atoms with van der Waals surface area (Å²) in [5, 5.41) is 3.32. The number of para-hydroxylation sites is 2. The van der Waals surface area contributed by atoms with Crippen molar-refractivity contribution in [2.45, 2.75) is 25.9 Å². The number of guanidine groups is 1. The normalized spacial score (nSPS) is 16.1. The average Bonchev–Trinajstić information content (AvgIpc) is 2.58. The van der Waals surface area contributed by atoms with Gasteiger partial charge >= 0.3 is 0 Å². The standard InChI is InChI=1S/C18H27N3O2.HI/c1-4-6-9-12-21(3)18(19-5-2)20-13-15-14-22-16-10-7-8-11-17(16)23-15;/h4,7-8,10-11,15H,1,5-6,9,12-14H2,2-3H3,(H,19,20);1H. The summed E-state index contributed by atoms with van der Waals surface area (Å²) >= 11 is 0. The SMILES string of the molecule is C=CCCCN(C)C(=NCC1COc2ccccc2O1)NCC.I. The summed E-state index contributed by atoms with van der Waals surface area (Å²) in [5.41, 5.74) is 0. The highest BCUT2D eigenvalue weighted by Gasteiger charge is 2.20. The van der Waals surface area contributed by atoms with Crippen molar-refractivity contribution in [1.29, 1.82) is 0 Å². The monoisotopic (exact) mass is 445 g/mol. The van der Waals surface area contributed by atoms with E-state index in [1.807, 2.05) is 30.3 Å². The lowest BCUT2D eigenvalue weighted by molar-refractivity contribution is 0.0969. The molecule has 0 saturated carbocycles. The molecular weight excluding hydrogens is 417 g/mol. The molecule has 1 N–H and O–H groups in total. The Morgan fingerprint density at radius 2 is 2.17 bits per heavy atom. The molecule has 0 fully saturated rings. The number of rotatable bonds is 7. The molecule has 0 saturated heterocycles. The molecule has 1 aromatic rings. The first-order valence-corrected chi connectivity index (χ1v) is 8.23. The predicted molar refractivity (Wildman–Crippen MR) is 110 cm³/mol. The van der Waals surface area contributed by atoms with Crippen molar-refractivity contribution in [1.82, 2.24) is 10.2 Å². The zero-order valence-electron chi connectivity index (χ0n) is 14.5. The summed E-state index contributed by atoms with van der Waals surface area (Å²) in [6.07, 6.45) is 3.98. The second-order valence-corrected chi connectivity index (χ2v) is 5.54. The van der Waals surface area contributed by atoms with Crippen LogP contribution in [0.1, 0.15) is 19.8 Å². The van der Waals surface area contributed by atoms with Crippen molar-refractivity contribution in [3.8, 4) is 11.5 Å². The highest BCUT2D eigenvalue weighted by molar-refractivity contribution is 14.0. The molecular formula is C18H28IN3O2. The second-order valence-electron chi connectivity index (χ2n) is 5.54. The van der Waals surface area contributed by atoms with E-state index in [4.69, 9.17) is 9.47 Å². The Hall–Kier alpha value is -1.44. The van der Waals surface area contributed by atoms with Crippen molar-refractivity contribution < 1.29 is 9.47 Å². The zero-order valence-corrected chi connectivity index (χ0v) is 16.9. The van der Waals surface area contributed by atoms with Gasteiger partial charge in [0.05, 0.1) is 6.54 Å². The van der Waals surface area contributed by atoms with E-state index in [9.17, 15) is 0 Å². The van der Waals surface area contributed by atoms with Crippen LogP contribution in [0.2, 0.25) is 0 Å². The van der Waals surface area contributed by atoms with Crippen LogP contribution in [0.25, 0.3) is 0 Å². The quantitative estimate of drug-likeness (QED) is 0.230. The smallest absolute Gasteiger partial charge is 0.193 e. The Kier molecular flexibility index (Phi) is 9.59. The molecule has 1 aliphatic heterocycles. The fraction of sp³-hybridized carbons (Fsp3) is 0.500. The number of aliphatic imine (C=N–C) groups is 1. The molecule has 0 aromatic heterocycles. The number of nitrogens with one attached hydrogen (secondary N) is 1. The topological polar surface area (TPSA) is 46.1 Å². The van der Waals surface area contributed by atoms with Gasteiger partial charge in [-0.3, -0.25) is 0 Å². The van der Waals surface area contributed by atoms with E-state index in [0.29, 0.717) is 13.2 Å². The first-order valence-electron chi connectivity index (χ1n) is 8.23. The summed E-state index contributed by atoms with van der Waals surface area (Å²) in [6, 6.07) is 7.75. The first kappa shape index (κ1) is 20.6.